The van der Waals surface area contributed by atoms with E-state index in [1.165, 1.54) is 28.4 Å². The van der Waals surface area contributed by atoms with Crippen LogP contribution in [-0.4, -0.2) is 115 Å². The van der Waals surface area contributed by atoms with E-state index in [-0.39, 0.29) is 47.7 Å². The summed E-state index contributed by atoms with van der Waals surface area (Å²) in [6.45, 7) is -1.01. The smallest absolute Gasteiger partial charge is 0.201 e. The standard InChI is InChI=1S/C28H38O13/c1-36-16-7-13(8-17(37-2)22(16)31)20-15(9-29)14(5-12-6-18(38-3)24(33)27(39-4)21(12)20)11-40-28-26(35)25(34)23(32)19(10-30)41-28/h6-8,14-15,19-20,23,25-26,28-35H,5,9-11H2,1-4H3/t14-,15-,19+,20+,23+,25-,26+,28-/m0/s1. The van der Waals surface area contributed by atoms with E-state index in [2.05, 4.69) is 0 Å². The molecule has 0 radical (unpaired) electrons. The molecule has 1 fully saturated rings. The van der Waals surface area contributed by atoms with Crippen molar-refractivity contribution < 1.29 is 64.2 Å². The van der Waals surface area contributed by atoms with Gasteiger partial charge in [0.25, 0.3) is 0 Å². The van der Waals surface area contributed by atoms with Crippen LogP contribution in [0, 0.1) is 11.8 Å². The predicted molar refractivity (Wildman–Crippen MR) is 142 cm³/mol. The second-order valence-electron chi connectivity index (χ2n) is 10.1. The van der Waals surface area contributed by atoms with E-state index in [1.54, 1.807) is 18.2 Å². The van der Waals surface area contributed by atoms with E-state index < -0.39 is 55.1 Å². The van der Waals surface area contributed by atoms with E-state index in [0.717, 1.165) is 5.56 Å². The van der Waals surface area contributed by atoms with Crippen molar-refractivity contribution in [2.45, 2.75) is 43.0 Å². The number of aliphatic hydroxyl groups is 5. The van der Waals surface area contributed by atoms with Crippen molar-refractivity contribution in [3.63, 3.8) is 0 Å². The van der Waals surface area contributed by atoms with Gasteiger partial charge in [-0.3, -0.25) is 0 Å². The number of aliphatic hydroxyl groups excluding tert-OH is 5. The van der Waals surface area contributed by atoms with Crippen molar-refractivity contribution >= 4 is 0 Å². The van der Waals surface area contributed by atoms with Gasteiger partial charge in [-0.2, -0.15) is 0 Å². The summed E-state index contributed by atoms with van der Waals surface area (Å²) in [5.41, 5.74) is 1.89. The fraction of sp³-hybridized carbons (Fsp3) is 0.571. The number of rotatable bonds is 10. The summed E-state index contributed by atoms with van der Waals surface area (Å²) in [7, 11) is 5.61. The van der Waals surface area contributed by atoms with E-state index in [0.29, 0.717) is 17.5 Å². The highest BCUT2D eigenvalue weighted by Gasteiger charge is 2.46. The molecule has 4 rings (SSSR count). The third kappa shape index (κ3) is 5.58. The summed E-state index contributed by atoms with van der Waals surface area (Å²) in [5.74, 6) is -1.45. The van der Waals surface area contributed by atoms with E-state index >= 15 is 0 Å². The summed E-state index contributed by atoms with van der Waals surface area (Å²) < 4.78 is 33.2. The highest BCUT2D eigenvalue weighted by Crippen LogP contribution is 2.54. The number of hydrogen-bond donors (Lipinski definition) is 7. The molecule has 1 saturated heterocycles. The lowest BCUT2D eigenvalue weighted by molar-refractivity contribution is -0.304. The van der Waals surface area contributed by atoms with Gasteiger partial charge in [-0.1, -0.05) is 0 Å². The quantitative estimate of drug-likeness (QED) is 0.196. The number of aromatic hydroxyl groups is 2. The molecular weight excluding hydrogens is 544 g/mol. The molecule has 2 aliphatic rings. The largest absolute Gasteiger partial charge is 0.502 e. The van der Waals surface area contributed by atoms with Crippen molar-refractivity contribution in [1.29, 1.82) is 0 Å². The Morgan fingerprint density at radius 2 is 1.39 bits per heavy atom. The SMILES string of the molecule is COc1cc([C@H]2c3c(cc(OC)c(O)c3OC)C[C@@H](CO[C@H]3O[C@H](CO)[C@@H](O)[C@H](O)[C@H]3O)[C@@H]2CO)cc(OC)c1O. The second-order valence-corrected chi connectivity index (χ2v) is 10.1. The lowest BCUT2D eigenvalue weighted by Crippen LogP contribution is -2.59. The molecule has 0 bridgehead atoms. The highest BCUT2D eigenvalue weighted by atomic mass is 16.7. The van der Waals surface area contributed by atoms with Gasteiger partial charge in [0.15, 0.2) is 29.3 Å². The van der Waals surface area contributed by atoms with Crippen LogP contribution in [0.1, 0.15) is 22.6 Å². The summed E-state index contributed by atoms with van der Waals surface area (Å²) in [4.78, 5) is 0. The van der Waals surface area contributed by atoms with Crippen molar-refractivity contribution in [1.82, 2.24) is 0 Å². The van der Waals surface area contributed by atoms with E-state index in [4.69, 9.17) is 28.4 Å². The van der Waals surface area contributed by atoms with Crippen LogP contribution in [0.2, 0.25) is 0 Å². The zero-order chi connectivity index (χ0) is 30.0. The molecule has 13 nitrogen and oxygen atoms in total. The average Bonchev–Trinajstić information content (AvgIpc) is 2.98. The van der Waals surface area contributed by atoms with Gasteiger partial charge in [0, 0.05) is 18.1 Å². The van der Waals surface area contributed by atoms with Crippen LogP contribution in [0.4, 0.5) is 0 Å². The Morgan fingerprint density at radius 3 is 1.93 bits per heavy atom. The molecule has 1 heterocycles. The molecule has 0 saturated carbocycles. The molecule has 41 heavy (non-hydrogen) atoms. The second kappa shape index (κ2) is 12.9. The molecule has 0 aromatic heterocycles. The lowest BCUT2D eigenvalue weighted by atomic mass is 9.66. The van der Waals surface area contributed by atoms with Gasteiger partial charge in [-0.25, -0.2) is 0 Å². The summed E-state index contributed by atoms with van der Waals surface area (Å²) in [5, 5.41) is 72.5. The van der Waals surface area contributed by atoms with E-state index in [1.807, 2.05) is 0 Å². The molecule has 0 amide bonds. The van der Waals surface area contributed by atoms with Crippen LogP contribution in [-0.2, 0) is 15.9 Å². The zero-order valence-electron chi connectivity index (χ0n) is 23.3. The minimum atomic E-state index is -1.60. The Labute approximate surface area is 237 Å². The average molecular weight is 583 g/mol. The summed E-state index contributed by atoms with van der Waals surface area (Å²) in [6, 6.07) is 4.89. The maximum absolute atomic E-state index is 10.9. The lowest BCUT2D eigenvalue weighted by Gasteiger charge is -2.42. The molecule has 7 N–H and O–H groups in total. The predicted octanol–water partition coefficient (Wildman–Crippen LogP) is -0.139. The summed E-state index contributed by atoms with van der Waals surface area (Å²) in [6.07, 6.45) is -6.89. The van der Waals surface area contributed by atoms with Crippen LogP contribution < -0.4 is 18.9 Å². The molecule has 0 spiro atoms. The number of benzene rings is 2. The van der Waals surface area contributed by atoms with Gasteiger partial charge in [0.1, 0.15) is 24.4 Å². The first-order chi connectivity index (χ1) is 19.6. The van der Waals surface area contributed by atoms with Crippen LogP contribution in [0.3, 0.4) is 0 Å². The van der Waals surface area contributed by atoms with Crippen molar-refractivity contribution in [2.24, 2.45) is 11.8 Å². The van der Waals surface area contributed by atoms with Gasteiger partial charge >= 0.3 is 0 Å². The maximum atomic E-state index is 10.9. The first-order valence-electron chi connectivity index (χ1n) is 13.1. The van der Waals surface area contributed by atoms with Gasteiger partial charge in [0.2, 0.25) is 11.5 Å². The molecule has 1 aliphatic heterocycles. The van der Waals surface area contributed by atoms with Crippen LogP contribution in [0.5, 0.6) is 34.5 Å². The van der Waals surface area contributed by atoms with Crippen molar-refractivity contribution in [3.8, 4) is 34.5 Å². The fourth-order valence-corrected chi connectivity index (χ4v) is 5.85. The molecule has 13 heteroatoms. The van der Waals surface area contributed by atoms with Crippen molar-refractivity contribution in [3.05, 3.63) is 34.9 Å². The summed E-state index contributed by atoms with van der Waals surface area (Å²) >= 11 is 0. The molecular formula is C28H38O13. The molecule has 1 aliphatic carbocycles. The number of hydrogen-bond acceptors (Lipinski definition) is 13. The van der Waals surface area contributed by atoms with Gasteiger partial charge < -0.3 is 64.2 Å². The van der Waals surface area contributed by atoms with E-state index in [9.17, 15) is 35.7 Å². The molecule has 8 atom stereocenters. The maximum Gasteiger partial charge on any atom is 0.201 e. The molecule has 2 aromatic rings. The Morgan fingerprint density at radius 1 is 0.780 bits per heavy atom. The number of phenolic OH excluding ortho intramolecular Hbond substituents is 2. The monoisotopic (exact) mass is 582 g/mol. The van der Waals surface area contributed by atoms with Crippen LogP contribution in [0.25, 0.3) is 0 Å². The minimum Gasteiger partial charge on any atom is -0.502 e. The Kier molecular flexibility index (Phi) is 9.70. The first kappa shape index (κ1) is 30.9. The Bertz CT molecular complexity index is 1180. The third-order valence-electron chi connectivity index (χ3n) is 7.99. The first-order valence-corrected chi connectivity index (χ1v) is 13.1. The van der Waals surface area contributed by atoms with Gasteiger partial charge in [0.05, 0.1) is 41.7 Å². The minimum absolute atomic E-state index is 0.0677. The number of methoxy groups -OCH3 is 4. The molecule has 0 unspecified atom stereocenters. The number of fused-ring (bicyclic) bond motifs is 1. The molecule has 228 valence electrons. The molecule has 2 aromatic carbocycles. The van der Waals surface area contributed by atoms with Crippen LogP contribution in [0.15, 0.2) is 18.2 Å². The Hall–Kier alpha value is -3.04. The van der Waals surface area contributed by atoms with Gasteiger partial charge in [-0.05, 0) is 47.6 Å². The highest BCUT2D eigenvalue weighted by molar-refractivity contribution is 5.64. The van der Waals surface area contributed by atoms with Crippen LogP contribution >= 0.6 is 0 Å². The number of phenols is 2. The van der Waals surface area contributed by atoms with Gasteiger partial charge in [-0.15, -0.1) is 0 Å². The third-order valence-corrected chi connectivity index (χ3v) is 7.99. The van der Waals surface area contributed by atoms with Crippen molar-refractivity contribution in [2.75, 3.05) is 48.3 Å². The normalized spacial score (nSPS) is 29.5. The topological polar surface area (TPSA) is 197 Å². The fourth-order valence-electron chi connectivity index (χ4n) is 5.85. The zero-order valence-corrected chi connectivity index (χ0v) is 23.3. The number of ether oxygens (including phenoxy) is 6. The Balaban J connectivity index is 1.80.